The lowest BCUT2D eigenvalue weighted by atomic mass is 10.0. The van der Waals surface area contributed by atoms with Crippen LogP contribution < -0.4 is 5.73 Å². The first kappa shape index (κ1) is 10.7. The number of fused-ring (bicyclic) bond motifs is 1. The highest BCUT2D eigenvalue weighted by Gasteiger charge is 2.09. The molecule has 0 aliphatic carbocycles. The molecule has 88 valence electrons. The van der Waals surface area contributed by atoms with E-state index in [4.69, 9.17) is 5.73 Å². The van der Waals surface area contributed by atoms with E-state index in [1.807, 2.05) is 30.3 Å². The minimum absolute atomic E-state index is 0.289. The summed E-state index contributed by atoms with van der Waals surface area (Å²) < 4.78 is 13.9. The zero-order valence-corrected chi connectivity index (χ0v) is 9.60. The highest BCUT2D eigenvalue weighted by atomic mass is 19.1. The smallest absolute Gasteiger partial charge is 0.131 e. The van der Waals surface area contributed by atoms with Crippen LogP contribution in [0.2, 0.25) is 0 Å². The lowest BCUT2D eigenvalue weighted by molar-refractivity contribution is 0.631. The predicted molar refractivity (Wildman–Crippen MR) is 71.5 cm³/mol. The number of anilines is 1. The van der Waals surface area contributed by atoms with Crippen molar-refractivity contribution in [1.29, 1.82) is 0 Å². The summed E-state index contributed by atoms with van der Waals surface area (Å²) in [5.41, 5.74) is 8.29. The molecule has 0 spiro atoms. The van der Waals surface area contributed by atoms with Crippen LogP contribution in [0.3, 0.4) is 0 Å². The molecule has 0 saturated heterocycles. The Hall–Kier alpha value is -2.42. The van der Waals surface area contributed by atoms with Crippen LogP contribution in [-0.4, -0.2) is 4.98 Å². The number of pyridine rings is 1. The van der Waals surface area contributed by atoms with Gasteiger partial charge in [-0.25, -0.2) is 4.39 Å². The fourth-order valence-electron chi connectivity index (χ4n) is 2.07. The molecule has 2 aromatic carbocycles. The monoisotopic (exact) mass is 238 g/mol. The number of nitrogen functional groups attached to an aromatic ring is 1. The van der Waals surface area contributed by atoms with Crippen molar-refractivity contribution in [2.75, 3.05) is 5.73 Å². The Morgan fingerprint density at radius 1 is 0.944 bits per heavy atom. The molecule has 2 nitrogen and oxygen atoms in total. The fourth-order valence-corrected chi connectivity index (χ4v) is 2.07. The largest absolute Gasteiger partial charge is 0.399 e. The predicted octanol–water partition coefficient (Wildman–Crippen LogP) is 3.62. The maximum absolute atomic E-state index is 13.9. The van der Waals surface area contributed by atoms with E-state index in [0.29, 0.717) is 11.3 Å². The lowest BCUT2D eigenvalue weighted by Gasteiger charge is -2.07. The molecule has 0 amide bonds. The molecule has 0 atom stereocenters. The number of aromatic nitrogens is 1. The summed E-state index contributed by atoms with van der Waals surface area (Å²) in [4.78, 5) is 4.32. The van der Waals surface area contributed by atoms with Gasteiger partial charge in [0, 0.05) is 28.4 Å². The van der Waals surface area contributed by atoms with Gasteiger partial charge in [-0.05, 0) is 24.3 Å². The van der Waals surface area contributed by atoms with Crippen molar-refractivity contribution in [3.8, 4) is 11.1 Å². The normalized spacial score (nSPS) is 10.7. The lowest BCUT2D eigenvalue weighted by Crippen LogP contribution is -1.91. The van der Waals surface area contributed by atoms with Crippen LogP contribution in [0.5, 0.6) is 0 Å². The van der Waals surface area contributed by atoms with Crippen molar-refractivity contribution in [3.05, 3.63) is 60.5 Å². The standard InChI is InChI=1S/C15H11FN2/c16-14-7-6-11(17)9-13(14)12-5-1-3-10-4-2-8-18-15(10)12/h1-9H,17H2. The van der Waals surface area contributed by atoms with E-state index in [1.54, 1.807) is 18.3 Å². The van der Waals surface area contributed by atoms with E-state index >= 15 is 0 Å². The molecule has 0 saturated carbocycles. The van der Waals surface area contributed by atoms with Gasteiger partial charge in [0.05, 0.1) is 5.52 Å². The summed E-state index contributed by atoms with van der Waals surface area (Å²) >= 11 is 0. The van der Waals surface area contributed by atoms with Gasteiger partial charge in [-0.1, -0.05) is 24.3 Å². The number of para-hydroxylation sites is 1. The van der Waals surface area contributed by atoms with Crippen molar-refractivity contribution < 1.29 is 4.39 Å². The van der Waals surface area contributed by atoms with Gasteiger partial charge in [-0.2, -0.15) is 0 Å². The van der Waals surface area contributed by atoms with Gasteiger partial charge in [0.1, 0.15) is 5.82 Å². The highest BCUT2D eigenvalue weighted by Crippen LogP contribution is 2.30. The van der Waals surface area contributed by atoms with Gasteiger partial charge >= 0.3 is 0 Å². The second-order valence-electron chi connectivity index (χ2n) is 4.12. The number of benzene rings is 2. The van der Waals surface area contributed by atoms with Crippen LogP contribution in [-0.2, 0) is 0 Å². The second-order valence-corrected chi connectivity index (χ2v) is 4.12. The molecule has 18 heavy (non-hydrogen) atoms. The Labute approximate surface area is 104 Å². The van der Waals surface area contributed by atoms with Gasteiger partial charge in [0.25, 0.3) is 0 Å². The van der Waals surface area contributed by atoms with E-state index in [0.717, 1.165) is 16.5 Å². The third kappa shape index (κ3) is 1.70. The van der Waals surface area contributed by atoms with Crippen molar-refractivity contribution in [2.45, 2.75) is 0 Å². The Balaban J connectivity index is 2.35. The Kier molecular flexibility index (Phi) is 2.45. The van der Waals surface area contributed by atoms with Gasteiger partial charge in [-0.3, -0.25) is 4.98 Å². The highest BCUT2D eigenvalue weighted by molar-refractivity contribution is 5.94. The molecular formula is C15H11FN2. The first-order valence-electron chi connectivity index (χ1n) is 5.65. The number of rotatable bonds is 1. The number of hydrogen-bond acceptors (Lipinski definition) is 2. The molecule has 1 aromatic heterocycles. The van der Waals surface area contributed by atoms with Crippen LogP contribution in [0.4, 0.5) is 10.1 Å². The summed E-state index contributed by atoms with van der Waals surface area (Å²) in [5, 5.41) is 0.983. The quantitative estimate of drug-likeness (QED) is 0.657. The molecular weight excluding hydrogens is 227 g/mol. The Morgan fingerprint density at radius 2 is 1.78 bits per heavy atom. The Bertz CT molecular complexity index is 717. The molecule has 0 radical (unpaired) electrons. The molecule has 1 heterocycles. The maximum atomic E-state index is 13.9. The molecule has 0 aliphatic heterocycles. The van der Waals surface area contributed by atoms with Crippen molar-refractivity contribution in [2.24, 2.45) is 0 Å². The average molecular weight is 238 g/mol. The molecule has 0 aliphatic rings. The Morgan fingerprint density at radius 3 is 2.67 bits per heavy atom. The van der Waals surface area contributed by atoms with Crippen LogP contribution in [0.15, 0.2) is 54.7 Å². The van der Waals surface area contributed by atoms with Crippen LogP contribution in [0.25, 0.3) is 22.0 Å². The van der Waals surface area contributed by atoms with E-state index in [2.05, 4.69) is 4.98 Å². The second kappa shape index (κ2) is 4.11. The summed E-state index contributed by atoms with van der Waals surface area (Å²) in [5.74, 6) is -0.289. The van der Waals surface area contributed by atoms with E-state index in [1.165, 1.54) is 6.07 Å². The van der Waals surface area contributed by atoms with Crippen molar-refractivity contribution in [1.82, 2.24) is 4.98 Å². The zero-order valence-electron chi connectivity index (χ0n) is 9.60. The van der Waals surface area contributed by atoms with Crippen LogP contribution in [0, 0.1) is 5.82 Å². The first-order valence-corrected chi connectivity index (χ1v) is 5.65. The molecule has 3 rings (SSSR count). The molecule has 2 N–H and O–H groups in total. The van der Waals surface area contributed by atoms with E-state index in [9.17, 15) is 4.39 Å². The first-order chi connectivity index (χ1) is 8.75. The van der Waals surface area contributed by atoms with Gasteiger partial charge in [0.2, 0.25) is 0 Å². The van der Waals surface area contributed by atoms with Crippen LogP contribution in [0.1, 0.15) is 0 Å². The van der Waals surface area contributed by atoms with E-state index in [-0.39, 0.29) is 5.82 Å². The fraction of sp³-hybridized carbons (Fsp3) is 0. The number of halogens is 1. The number of hydrogen-bond donors (Lipinski definition) is 1. The molecule has 0 fully saturated rings. The van der Waals surface area contributed by atoms with Crippen molar-refractivity contribution >= 4 is 16.6 Å². The summed E-state index contributed by atoms with van der Waals surface area (Å²) in [6, 6.07) is 14.1. The molecule has 3 heteroatoms. The third-order valence-corrected chi connectivity index (χ3v) is 2.91. The average Bonchev–Trinajstić information content (AvgIpc) is 2.41. The number of nitrogens with two attached hydrogens (primary N) is 1. The summed E-state index contributed by atoms with van der Waals surface area (Å²) in [6.45, 7) is 0. The van der Waals surface area contributed by atoms with Gasteiger partial charge in [0.15, 0.2) is 0 Å². The summed E-state index contributed by atoms with van der Waals surface area (Å²) in [7, 11) is 0. The minimum Gasteiger partial charge on any atom is -0.399 e. The SMILES string of the molecule is Nc1ccc(F)c(-c2cccc3cccnc23)c1. The van der Waals surface area contributed by atoms with Gasteiger partial charge < -0.3 is 5.73 Å². The summed E-state index contributed by atoms with van der Waals surface area (Å²) in [6.07, 6.45) is 1.70. The maximum Gasteiger partial charge on any atom is 0.131 e. The molecule has 0 unspecified atom stereocenters. The number of nitrogens with zero attached hydrogens (tertiary/aromatic N) is 1. The van der Waals surface area contributed by atoms with Crippen LogP contribution >= 0.6 is 0 Å². The van der Waals surface area contributed by atoms with E-state index < -0.39 is 0 Å². The molecule has 0 bridgehead atoms. The minimum atomic E-state index is -0.289. The van der Waals surface area contributed by atoms with Gasteiger partial charge in [-0.15, -0.1) is 0 Å². The topological polar surface area (TPSA) is 38.9 Å². The zero-order chi connectivity index (χ0) is 12.5. The van der Waals surface area contributed by atoms with Crippen molar-refractivity contribution in [3.63, 3.8) is 0 Å². The third-order valence-electron chi connectivity index (χ3n) is 2.91. The molecule has 3 aromatic rings.